The number of halogens is 2. The summed E-state index contributed by atoms with van der Waals surface area (Å²) in [5.41, 5.74) is 2.04. The lowest BCUT2D eigenvalue weighted by atomic mass is 10.1. The summed E-state index contributed by atoms with van der Waals surface area (Å²) in [5, 5.41) is 4.36. The summed E-state index contributed by atoms with van der Waals surface area (Å²) in [6, 6.07) is 7.50. The molecule has 0 aliphatic rings. The van der Waals surface area contributed by atoms with Crippen LogP contribution >= 0.6 is 23.2 Å². The number of nitrogens with zero attached hydrogens (tertiary/aromatic N) is 2. The molecule has 0 spiro atoms. The highest BCUT2D eigenvalue weighted by Crippen LogP contribution is 2.23. The monoisotopic (exact) mass is 295 g/mol. The zero-order valence-corrected chi connectivity index (χ0v) is 12.2. The van der Waals surface area contributed by atoms with E-state index in [0.29, 0.717) is 16.5 Å². The summed E-state index contributed by atoms with van der Waals surface area (Å²) in [6.07, 6.45) is 2.43. The molecule has 0 aliphatic carbocycles. The van der Waals surface area contributed by atoms with Crippen LogP contribution in [0.15, 0.2) is 30.5 Å². The number of rotatable bonds is 5. The number of benzene rings is 1. The first kappa shape index (κ1) is 14.3. The number of hydrogen-bond donors (Lipinski definition) is 1. The second-order valence-corrected chi connectivity index (χ2v) is 4.98. The molecular weight excluding hydrogens is 281 g/mol. The summed E-state index contributed by atoms with van der Waals surface area (Å²) in [7, 11) is 0. The van der Waals surface area contributed by atoms with E-state index in [1.165, 1.54) is 0 Å². The minimum Gasteiger partial charge on any atom is -0.311 e. The molecule has 2 rings (SSSR count). The molecule has 0 saturated carbocycles. The molecule has 0 fully saturated rings. The quantitative estimate of drug-likeness (QED) is 0.918. The molecule has 5 heteroatoms. The van der Waals surface area contributed by atoms with Gasteiger partial charge in [0.05, 0.1) is 15.7 Å². The van der Waals surface area contributed by atoms with Gasteiger partial charge in [0.2, 0.25) is 0 Å². The van der Waals surface area contributed by atoms with Gasteiger partial charge < -0.3 is 5.32 Å². The molecule has 1 aromatic carbocycles. The standard InChI is InChI=1S/C14H15Cl2N3/c1-2-17-9-11-5-6-18-14(19-11)8-10-3-4-12(15)13(16)7-10/h3-7,17H,2,8-9H2,1H3. The molecule has 0 aliphatic heterocycles. The van der Waals surface area contributed by atoms with E-state index in [1.54, 1.807) is 12.3 Å². The van der Waals surface area contributed by atoms with Crippen molar-refractivity contribution in [2.45, 2.75) is 19.9 Å². The molecule has 0 bridgehead atoms. The molecule has 0 saturated heterocycles. The van der Waals surface area contributed by atoms with Crippen LogP contribution in [0, 0.1) is 0 Å². The fraction of sp³-hybridized carbons (Fsp3) is 0.286. The Labute approximate surface area is 123 Å². The minimum atomic E-state index is 0.558. The highest BCUT2D eigenvalue weighted by atomic mass is 35.5. The largest absolute Gasteiger partial charge is 0.311 e. The Kier molecular flexibility index (Phi) is 5.14. The minimum absolute atomic E-state index is 0.558. The van der Waals surface area contributed by atoms with Crippen LogP contribution < -0.4 is 5.32 Å². The highest BCUT2D eigenvalue weighted by Gasteiger charge is 2.04. The van der Waals surface area contributed by atoms with Crippen LogP contribution in [0.4, 0.5) is 0 Å². The fourth-order valence-corrected chi connectivity index (χ4v) is 2.03. The van der Waals surface area contributed by atoms with Crippen molar-refractivity contribution in [1.82, 2.24) is 15.3 Å². The van der Waals surface area contributed by atoms with Crippen molar-refractivity contribution >= 4 is 23.2 Å². The second-order valence-electron chi connectivity index (χ2n) is 4.17. The molecule has 1 heterocycles. The van der Waals surface area contributed by atoms with E-state index in [9.17, 15) is 0 Å². The van der Waals surface area contributed by atoms with Crippen molar-refractivity contribution in [2.75, 3.05) is 6.54 Å². The Morgan fingerprint density at radius 1 is 1.16 bits per heavy atom. The van der Waals surface area contributed by atoms with Gasteiger partial charge in [0.15, 0.2) is 0 Å². The van der Waals surface area contributed by atoms with Crippen molar-refractivity contribution < 1.29 is 0 Å². The molecule has 1 N–H and O–H groups in total. The number of aromatic nitrogens is 2. The predicted molar refractivity (Wildman–Crippen MR) is 78.7 cm³/mol. The molecule has 0 atom stereocenters. The average Bonchev–Trinajstić information content (AvgIpc) is 2.41. The molecule has 1 aromatic heterocycles. The summed E-state index contributed by atoms with van der Waals surface area (Å²) >= 11 is 11.9. The topological polar surface area (TPSA) is 37.8 Å². The van der Waals surface area contributed by atoms with Crippen LogP contribution in [-0.2, 0) is 13.0 Å². The van der Waals surface area contributed by atoms with Crippen molar-refractivity contribution in [3.05, 3.63) is 57.6 Å². The van der Waals surface area contributed by atoms with E-state index in [0.717, 1.165) is 30.2 Å². The van der Waals surface area contributed by atoms with Gasteiger partial charge in [0, 0.05) is 19.2 Å². The normalized spacial score (nSPS) is 10.7. The molecule has 100 valence electrons. The van der Waals surface area contributed by atoms with Crippen LogP contribution in [0.3, 0.4) is 0 Å². The molecular formula is C14H15Cl2N3. The average molecular weight is 296 g/mol. The Hall–Kier alpha value is -1.16. The summed E-state index contributed by atoms with van der Waals surface area (Å²) < 4.78 is 0. The SMILES string of the molecule is CCNCc1ccnc(Cc2ccc(Cl)c(Cl)c2)n1. The predicted octanol–water partition coefficient (Wildman–Crippen LogP) is 3.48. The Balaban J connectivity index is 2.11. The van der Waals surface area contributed by atoms with Crippen LogP contribution in [-0.4, -0.2) is 16.5 Å². The Morgan fingerprint density at radius 3 is 2.74 bits per heavy atom. The molecule has 3 nitrogen and oxygen atoms in total. The van der Waals surface area contributed by atoms with Gasteiger partial charge in [-0.15, -0.1) is 0 Å². The second kappa shape index (κ2) is 6.85. The third kappa shape index (κ3) is 4.16. The van der Waals surface area contributed by atoms with E-state index < -0.39 is 0 Å². The smallest absolute Gasteiger partial charge is 0.132 e. The molecule has 0 unspecified atom stereocenters. The van der Waals surface area contributed by atoms with Gasteiger partial charge in [-0.05, 0) is 30.3 Å². The van der Waals surface area contributed by atoms with Crippen LogP contribution in [0.5, 0.6) is 0 Å². The number of hydrogen-bond acceptors (Lipinski definition) is 3. The lowest BCUT2D eigenvalue weighted by Crippen LogP contribution is -2.13. The van der Waals surface area contributed by atoms with Gasteiger partial charge >= 0.3 is 0 Å². The maximum Gasteiger partial charge on any atom is 0.132 e. The van der Waals surface area contributed by atoms with Gasteiger partial charge in [-0.1, -0.05) is 36.2 Å². The number of nitrogens with one attached hydrogen (secondary N) is 1. The van der Waals surface area contributed by atoms with Crippen molar-refractivity contribution in [1.29, 1.82) is 0 Å². The van der Waals surface area contributed by atoms with Gasteiger partial charge in [-0.3, -0.25) is 0 Å². The first-order valence-electron chi connectivity index (χ1n) is 6.14. The van der Waals surface area contributed by atoms with Gasteiger partial charge in [0.1, 0.15) is 5.82 Å². The third-order valence-corrected chi connectivity index (χ3v) is 3.40. The van der Waals surface area contributed by atoms with E-state index in [2.05, 4.69) is 22.2 Å². The van der Waals surface area contributed by atoms with Crippen molar-refractivity contribution in [3.8, 4) is 0 Å². The third-order valence-electron chi connectivity index (χ3n) is 2.67. The van der Waals surface area contributed by atoms with Gasteiger partial charge in [-0.25, -0.2) is 9.97 Å². The summed E-state index contributed by atoms with van der Waals surface area (Å²) in [4.78, 5) is 8.79. The molecule has 0 amide bonds. The zero-order valence-electron chi connectivity index (χ0n) is 10.7. The molecule has 0 radical (unpaired) electrons. The van der Waals surface area contributed by atoms with Crippen LogP contribution in [0.1, 0.15) is 24.0 Å². The first-order valence-corrected chi connectivity index (χ1v) is 6.90. The van der Waals surface area contributed by atoms with E-state index in [4.69, 9.17) is 23.2 Å². The van der Waals surface area contributed by atoms with E-state index in [1.807, 2.05) is 18.2 Å². The Morgan fingerprint density at radius 2 is 2.00 bits per heavy atom. The molecule has 2 aromatic rings. The van der Waals surface area contributed by atoms with Crippen molar-refractivity contribution in [3.63, 3.8) is 0 Å². The van der Waals surface area contributed by atoms with Gasteiger partial charge in [-0.2, -0.15) is 0 Å². The van der Waals surface area contributed by atoms with Crippen molar-refractivity contribution in [2.24, 2.45) is 0 Å². The van der Waals surface area contributed by atoms with Gasteiger partial charge in [0.25, 0.3) is 0 Å². The van der Waals surface area contributed by atoms with Crippen LogP contribution in [0.2, 0.25) is 10.0 Å². The lowest BCUT2D eigenvalue weighted by molar-refractivity contribution is 0.702. The summed E-state index contributed by atoms with van der Waals surface area (Å²) in [5.74, 6) is 0.786. The Bertz CT molecular complexity index is 558. The zero-order chi connectivity index (χ0) is 13.7. The fourth-order valence-electron chi connectivity index (χ4n) is 1.71. The maximum absolute atomic E-state index is 6.00. The summed E-state index contributed by atoms with van der Waals surface area (Å²) in [6.45, 7) is 3.75. The van der Waals surface area contributed by atoms with E-state index >= 15 is 0 Å². The first-order chi connectivity index (χ1) is 9.19. The maximum atomic E-state index is 6.00. The van der Waals surface area contributed by atoms with Crippen LogP contribution in [0.25, 0.3) is 0 Å². The van der Waals surface area contributed by atoms with E-state index in [-0.39, 0.29) is 0 Å². The molecule has 19 heavy (non-hydrogen) atoms. The lowest BCUT2D eigenvalue weighted by Gasteiger charge is -2.05. The highest BCUT2D eigenvalue weighted by molar-refractivity contribution is 6.42.